The summed E-state index contributed by atoms with van der Waals surface area (Å²) in [5.41, 5.74) is 5.82. The Labute approximate surface area is 160 Å². The first-order chi connectivity index (χ1) is 13.3. The van der Waals surface area contributed by atoms with Crippen LogP contribution in [0.1, 0.15) is 0 Å². The van der Waals surface area contributed by atoms with E-state index in [0.717, 1.165) is 21.4 Å². The number of H-pyrrole nitrogens is 1. The normalized spacial score (nSPS) is 11.9. The molecule has 0 spiro atoms. The van der Waals surface area contributed by atoms with Gasteiger partial charge in [-0.25, -0.2) is 0 Å². The number of nitrogens with zero attached hydrogens (tertiary/aromatic N) is 1. The van der Waals surface area contributed by atoms with Crippen LogP contribution >= 0.6 is 11.6 Å². The summed E-state index contributed by atoms with van der Waals surface area (Å²) >= 11 is 6.26. The quantitative estimate of drug-likeness (QED) is 0.321. The highest BCUT2D eigenvalue weighted by Gasteiger charge is 2.14. The second kappa shape index (κ2) is 5.38. The number of hydrogen-bond donors (Lipinski definition) is 1. The van der Waals surface area contributed by atoms with E-state index in [9.17, 15) is 0 Å². The Morgan fingerprint density at radius 1 is 0.593 bits per heavy atom. The molecule has 2 nitrogen and oxygen atoms in total. The number of halogens is 1. The summed E-state index contributed by atoms with van der Waals surface area (Å²) in [6, 6.07) is 29.7. The van der Waals surface area contributed by atoms with Gasteiger partial charge in [0, 0.05) is 43.3 Å². The first-order valence-electron chi connectivity index (χ1n) is 8.99. The van der Waals surface area contributed by atoms with Gasteiger partial charge in [-0.2, -0.15) is 0 Å². The van der Waals surface area contributed by atoms with Gasteiger partial charge in [-0.15, -0.1) is 0 Å². The van der Waals surface area contributed by atoms with Crippen molar-refractivity contribution in [3.63, 3.8) is 0 Å². The molecule has 27 heavy (non-hydrogen) atoms. The van der Waals surface area contributed by atoms with Crippen LogP contribution in [0, 0.1) is 0 Å². The minimum absolute atomic E-state index is 0.759. The number of hydrogen-bond acceptors (Lipinski definition) is 0. The maximum absolute atomic E-state index is 6.26. The van der Waals surface area contributed by atoms with Gasteiger partial charge in [-0.3, -0.25) is 0 Å². The summed E-state index contributed by atoms with van der Waals surface area (Å²) < 4.78 is 2.34. The van der Waals surface area contributed by atoms with Gasteiger partial charge in [0.25, 0.3) is 0 Å². The molecule has 0 saturated carbocycles. The SMILES string of the molecule is Clc1ccc2[nH]c3cc4c(cc3c2c1)c1ccccc1n4-c1ccccc1. The van der Waals surface area contributed by atoms with Crippen molar-refractivity contribution in [2.24, 2.45) is 0 Å². The van der Waals surface area contributed by atoms with Crippen molar-refractivity contribution in [3.05, 3.63) is 90.0 Å². The molecule has 0 radical (unpaired) electrons. The van der Waals surface area contributed by atoms with Crippen LogP contribution in [0.4, 0.5) is 0 Å². The van der Waals surface area contributed by atoms with Gasteiger partial charge in [0.2, 0.25) is 0 Å². The van der Waals surface area contributed by atoms with E-state index in [2.05, 4.69) is 76.3 Å². The summed E-state index contributed by atoms with van der Waals surface area (Å²) in [4.78, 5) is 3.55. The third kappa shape index (κ3) is 2.08. The average molecular weight is 367 g/mol. The summed E-state index contributed by atoms with van der Waals surface area (Å²) in [5, 5.41) is 5.64. The minimum atomic E-state index is 0.759. The van der Waals surface area contributed by atoms with Gasteiger partial charge in [0.05, 0.1) is 11.0 Å². The van der Waals surface area contributed by atoms with Crippen molar-refractivity contribution in [1.29, 1.82) is 0 Å². The van der Waals surface area contributed by atoms with E-state index in [-0.39, 0.29) is 0 Å². The van der Waals surface area contributed by atoms with Crippen LogP contribution in [0.2, 0.25) is 5.02 Å². The summed E-state index contributed by atoms with van der Waals surface area (Å²) in [7, 11) is 0. The zero-order valence-electron chi connectivity index (χ0n) is 14.4. The highest BCUT2D eigenvalue weighted by Crippen LogP contribution is 2.37. The molecule has 0 atom stereocenters. The topological polar surface area (TPSA) is 20.7 Å². The van der Waals surface area contributed by atoms with E-state index in [1.165, 1.54) is 32.9 Å². The number of fused-ring (bicyclic) bond motifs is 6. The van der Waals surface area contributed by atoms with E-state index in [1.807, 2.05) is 18.2 Å². The molecule has 0 aliphatic rings. The summed E-state index contributed by atoms with van der Waals surface area (Å²) in [6.07, 6.45) is 0. The van der Waals surface area contributed by atoms with E-state index in [4.69, 9.17) is 11.6 Å². The fourth-order valence-electron chi connectivity index (χ4n) is 4.19. The number of rotatable bonds is 1. The van der Waals surface area contributed by atoms with E-state index in [0.29, 0.717) is 0 Å². The van der Waals surface area contributed by atoms with Crippen LogP contribution in [0.15, 0.2) is 84.9 Å². The molecule has 0 fully saturated rings. The van der Waals surface area contributed by atoms with Gasteiger partial charge in [-0.05, 0) is 48.5 Å². The molecule has 0 aliphatic heterocycles. The maximum Gasteiger partial charge on any atom is 0.0562 e. The highest BCUT2D eigenvalue weighted by atomic mass is 35.5. The fraction of sp³-hybridized carbons (Fsp3) is 0. The van der Waals surface area contributed by atoms with Gasteiger partial charge in [0.1, 0.15) is 0 Å². The largest absolute Gasteiger partial charge is 0.354 e. The maximum atomic E-state index is 6.26. The minimum Gasteiger partial charge on any atom is -0.354 e. The lowest BCUT2D eigenvalue weighted by atomic mass is 10.1. The number of aromatic nitrogens is 2. The molecular weight excluding hydrogens is 352 g/mol. The standard InChI is InChI=1S/C24H15ClN2/c25-15-10-11-21-18(12-15)19-13-20-17-8-4-5-9-23(17)27(16-6-2-1-3-7-16)24(20)14-22(19)26-21/h1-14,26H. The highest BCUT2D eigenvalue weighted by molar-refractivity contribution is 6.32. The Morgan fingerprint density at radius 3 is 2.26 bits per heavy atom. The second-order valence-electron chi connectivity index (χ2n) is 6.92. The van der Waals surface area contributed by atoms with Crippen LogP contribution in [0.3, 0.4) is 0 Å². The van der Waals surface area contributed by atoms with E-state index < -0.39 is 0 Å². The van der Waals surface area contributed by atoms with Crippen molar-refractivity contribution in [1.82, 2.24) is 9.55 Å². The molecule has 0 unspecified atom stereocenters. The molecule has 0 bridgehead atoms. The lowest BCUT2D eigenvalue weighted by Crippen LogP contribution is -1.92. The van der Waals surface area contributed by atoms with Crippen molar-refractivity contribution < 1.29 is 0 Å². The molecule has 6 rings (SSSR count). The Hall–Kier alpha value is -3.23. The van der Waals surface area contributed by atoms with Gasteiger partial charge in [0.15, 0.2) is 0 Å². The van der Waals surface area contributed by atoms with E-state index >= 15 is 0 Å². The van der Waals surface area contributed by atoms with E-state index in [1.54, 1.807) is 0 Å². The number of aromatic amines is 1. The first kappa shape index (κ1) is 14.9. The molecule has 2 aromatic heterocycles. The van der Waals surface area contributed by atoms with Crippen LogP contribution < -0.4 is 0 Å². The lowest BCUT2D eigenvalue weighted by Gasteiger charge is -2.07. The molecule has 128 valence electrons. The second-order valence-corrected chi connectivity index (χ2v) is 7.35. The Balaban J connectivity index is 1.83. The monoisotopic (exact) mass is 366 g/mol. The van der Waals surface area contributed by atoms with Crippen LogP contribution in [-0.2, 0) is 0 Å². The first-order valence-corrected chi connectivity index (χ1v) is 9.37. The average Bonchev–Trinajstić information content (AvgIpc) is 3.21. The van der Waals surface area contributed by atoms with Crippen LogP contribution in [0.5, 0.6) is 0 Å². The van der Waals surface area contributed by atoms with Gasteiger partial charge >= 0.3 is 0 Å². The zero-order valence-corrected chi connectivity index (χ0v) is 15.2. The molecule has 4 aromatic carbocycles. The fourth-order valence-corrected chi connectivity index (χ4v) is 4.36. The van der Waals surface area contributed by atoms with Crippen molar-refractivity contribution >= 4 is 55.2 Å². The number of nitrogens with one attached hydrogen (secondary N) is 1. The molecule has 6 aromatic rings. The summed E-state index contributed by atoms with van der Waals surface area (Å²) in [6.45, 7) is 0. The van der Waals surface area contributed by atoms with Gasteiger partial charge in [-0.1, -0.05) is 48.0 Å². The smallest absolute Gasteiger partial charge is 0.0562 e. The molecule has 0 amide bonds. The molecule has 0 saturated heterocycles. The van der Waals surface area contributed by atoms with Crippen molar-refractivity contribution in [2.75, 3.05) is 0 Å². The van der Waals surface area contributed by atoms with Crippen molar-refractivity contribution in [2.45, 2.75) is 0 Å². The zero-order chi connectivity index (χ0) is 18.0. The predicted molar refractivity (Wildman–Crippen MR) is 115 cm³/mol. The number of benzene rings is 4. The Morgan fingerprint density at radius 2 is 1.37 bits per heavy atom. The van der Waals surface area contributed by atoms with Crippen molar-refractivity contribution in [3.8, 4) is 5.69 Å². The molecule has 2 heterocycles. The summed E-state index contributed by atoms with van der Waals surface area (Å²) in [5.74, 6) is 0. The van der Waals surface area contributed by atoms with Gasteiger partial charge < -0.3 is 9.55 Å². The molecular formula is C24H15ClN2. The number of para-hydroxylation sites is 2. The molecule has 1 N–H and O–H groups in total. The van der Waals surface area contributed by atoms with Crippen LogP contribution in [-0.4, -0.2) is 9.55 Å². The Bertz CT molecular complexity index is 1470. The Kier molecular flexibility index (Phi) is 2.97. The molecule has 0 aliphatic carbocycles. The third-order valence-corrected chi connectivity index (χ3v) is 5.60. The third-order valence-electron chi connectivity index (χ3n) is 5.37. The lowest BCUT2D eigenvalue weighted by molar-refractivity contribution is 1.18. The molecule has 3 heteroatoms. The van der Waals surface area contributed by atoms with Crippen LogP contribution in [0.25, 0.3) is 49.3 Å². The predicted octanol–water partition coefficient (Wildman–Crippen LogP) is 7.07.